The van der Waals surface area contributed by atoms with Gasteiger partial charge in [-0.2, -0.15) is 22.0 Å². The van der Waals surface area contributed by atoms with E-state index in [2.05, 4.69) is 4.98 Å². The number of hydrogen-bond acceptors (Lipinski definition) is 5. The number of anilines is 1. The molecule has 0 aliphatic heterocycles. The first-order valence-electron chi connectivity index (χ1n) is 5.90. The first kappa shape index (κ1) is 18.5. The summed E-state index contributed by atoms with van der Waals surface area (Å²) in [5.74, 6) is -6.57. The molecule has 0 aromatic carbocycles. The lowest BCUT2D eigenvalue weighted by molar-refractivity contribution is -0.384. The van der Waals surface area contributed by atoms with Gasteiger partial charge in [-0.3, -0.25) is 14.9 Å². The molecule has 0 saturated carbocycles. The number of carbonyl (C=O) groups is 1. The van der Waals surface area contributed by atoms with E-state index in [0.29, 0.717) is 0 Å². The van der Waals surface area contributed by atoms with Crippen molar-refractivity contribution in [2.75, 3.05) is 18.5 Å². The van der Waals surface area contributed by atoms with E-state index in [1.54, 1.807) is 0 Å². The molecule has 128 valence electrons. The molecule has 1 heterocycles. The summed E-state index contributed by atoms with van der Waals surface area (Å²) in [5.41, 5.74) is -3.13. The monoisotopic (exact) mass is 343 g/mol. The highest BCUT2D eigenvalue weighted by atomic mass is 19.4. The summed E-state index contributed by atoms with van der Waals surface area (Å²) in [6.45, 7) is -0.336. The van der Waals surface area contributed by atoms with E-state index in [1.165, 1.54) is 0 Å². The van der Waals surface area contributed by atoms with Gasteiger partial charge in [-0.25, -0.2) is 4.98 Å². The lowest BCUT2D eigenvalue weighted by atomic mass is 10.1. The van der Waals surface area contributed by atoms with Gasteiger partial charge in [0.25, 0.3) is 0 Å². The van der Waals surface area contributed by atoms with Crippen molar-refractivity contribution in [2.24, 2.45) is 0 Å². The van der Waals surface area contributed by atoms with Crippen LogP contribution in [0, 0.1) is 10.1 Å². The van der Waals surface area contributed by atoms with Gasteiger partial charge >= 0.3 is 23.8 Å². The van der Waals surface area contributed by atoms with Crippen molar-refractivity contribution in [3.05, 3.63) is 28.1 Å². The van der Waals surface area contributed by atoms with Crippen molar-refractivity contribution in [2.45, 2.75) is 18.5 Å². The van der Waals surface area contributed by atoms with Crippen molar-refractivity contribution >= 4 is 17.3 Å². The van der Waals surface area contributed by atoms with Crippen molar-refractivity contribution in [1.29, 1.82) is 0 Å². The van der Waals surface area contributed by atoms with Crippen LogP contribution in [0.5, 0.6) is 0 Å². The van der Waals surface area contributed by atoms with Crippen LogP contribution in [0.4, 0.5) is 33.3 Å². The second-order valence-corrected chi connectivity index (χ2v) is 4.45. The third-order valence-electron chi connectivity index (χ3n) is 2.81. The zero-order valence-electron chi connectivity index (χ0n) is 11.5. The molecule has 0 radical (unpaired) electrons. The first-order chi connectivity index (χ1) is 10.4. The van der Waals surface area contributed by atoms with E-state index < -0.39 is 46.5 Å². The lowest BCUT2D eigenvalue weighted by Gasteiger charge is -2.22. The highest BCUT2D eigenvalue weighted by Crippen LogP contribution is 2.44. The SMILES string of the molecule is CN(CCC(=O)O)c1cc(C(F)(F)C(F)(F)F)ncc1[N+](=O)[O-]. The van der Waals surface area contributed by atoms with Crippen molar-refractivity contribution in [3.8, 4) is 0 Å². The van der Waals surface area contributed by atoms with E-state index in [9.17, 15) is 36.9 Å². The molecule has 1 aromatic heterocycles. The maximum Gasteiger partial charge on any atom is 0.459 e. The number of aliphatic carboxylic acids is 1. The number of aromatic nitrogens is 1. The molecule has 1 rings (SSSR count). The molecule has 0 spiro atoms. The Kier molecular flexibility index (Phi) is 5.07. The summed E-state index contributed by atoms with van der Waals surface area (Å²) >= 11 is 0. The summed E-state index contributed by atoms with van der Waals surface area (Å²) in [6, 6.07) is 0.230. The Bertz CT molecular complexity index is 620. The number of carboxylic acid groups (broad SMARTS) is 1. The van der Waals surface area contributed by atoms with Crippen LogP contribution in [-0.2, 0) is 10.7 Å². The Balaban J connectivity index is 3.33. The maximum absolute atomic E-state index is 13.3. The zero-order chi connectivity index (χ0) is 18.0. The van der Waals surface area contributed by atoms with Crippen LogP contribution in [0.2, 0.25) is 0 Å². The molecule has 0 aliphatic rings. The Morgan fingerprint density at radius 2 is 1.96 bits per heavy atom. The molecule has 0 amide bonds. The second-order valence-electron chi connectivity index (χ2n) is 4.45. The summed E-state index contributed by atoms with van der Waals surface area (Å²) in [6.07, 6.45) is -6.14. The maximum atomic E-state index is 13.3. The largest absolute Gasteiger partial charge is 0.481 e. The summed E-state index contributed by atoms with van der Waals surface area (Å²) in [4.78, 5) is 24.0. The number of hydrogen-bond donors (Lipinski definition) is 1. The predicted octanol–water partition coefficient (Wildman–Crippen LogP) is 2.55. The third kappa shape index (κ3) is 4.02. The fourth-order valence-electron chi connectivity index (χ4n) is 1.58. The van der Waals surface area contributed by atoms with E-state index in [1.807, 2.05) is 0 Å². The fraction of sp³-hybridized carbons (Fsp3) is 0.455. The van der Waals surface area contributed by atoms with E-state index >= 15 is 0 Å². The molecule has 0 saturated heterocycles. The fourth-order valence-corrected chi connectivity index (χ4v) is 1.58. The number of nitro groups is 1. The highest BCUT2D eigenvalue weighted by molar-refractivity contribution is 5.69. The zero-order valence-corrected chi connectivity index (χ0v) is 11.5. The van der Waals surface area contributed by atoms with Gasteiger partial charge in [0.1, 0.15) is 17.6 Å². The molecule has 0 bridgehead atoms. The molecular formula is C11H10F5N3O4. The second kappa shape index (κ2) is 6.30. The normalized spacial score (nSPS) is 12.1. The lowest BCUT2D eigenvalue weighted by Crippen LogP contribution is -2.35. The van der Waals surface area contributed by atoms with E-state index in [4.69, 9.17) is 5.11 Å². The third-order valence-corrected chi connectivity index (χ3v) is 2.81. The molecule has 0 aliphatic carbocycles. The molecular weight excluding hydrogens is 333 g/mol. The summed E-state index contributed by atoms with van der Waals surface area (Å²) < 4.78 is 63.6. The molecule has 0 unspecified atom stereocenters. The van der Waals surface area contributed by atoms with Crippen LogP contribution >= 0.6 is 0 Å². The van der Waals surface area contributed by atoms with Gasteiger partial charge in [-0.05, 0) is 6.07 Å². The van der Waals surface area contributed by atoms with Crippen molar-refractivity contribution < 1.29 is 36.8 Å². The average molecular weight is 343 g/mol. The smallest absolute Gasteiger partial charge is 0.459 e. The van der Waals surface area contributed by atoms with Gasteiger partial charge in [-0.1, -0.05) is 0 Å². The first-order valence-corrected chi connectivity index (χ1v) is 5.90. The number of carboxylic acids is 1. The molecule has 0 fully saturated rings. The molecule has 7 nitrogen and oxygen atoms in total. The molecule has 1 aromatic rings. The Morgan fingerprint density at radius 3 is 2.39 bits per heavy atom. The van der Waals surface area contributed by atoms with Gasteiger partial charge in [0.2, 0.25) is 0 Å². The van der Waals surface area contributed by atoms with Gasteiger partial charge in [0.05, 0.1) is 11.3 Å². The number of rotatable bonds is 6. The van der Waals surface area contributed by atoms with E-state index in [-0.39, 0.29) is 18.8 Å². The molecule has 0 atom stereocenters. The standard InChI is InChI=1S/C11H10F5N3O4/c1-18(3-2-9(20)21)6-4-8(10(12,13)11(14,15)16)17-5-7(6)19(22)23/h4-5H,2-3H2,1H3,(H,20,21). The van der Waals surface area contributed by atoms with Crippen LogP contribution in [0.3, 0.4) is 0 Å². The summed E-state index contributed by atoms with van der Waals surface area (Å²) in [7, 11) is 1.13. The number of pyridine rings is 1. The van der Waals surface area contributed by atoms with Crippen LogP contribution in [0.1, 0.15) is 12.1 Å². The number of nitrogens with zero attached hydrogens (tertiary/aromatic N) is 3. The van der Waals surface area contributed by atoms with Crippen LogP contribution in [-0.4, -0.2) is 40.8 Å². The number of alkyl halides is 5. The van der Waals surface area contributed by atoms with Crippen LogP contribution in [0.25, 0.3) is 0 Å². The number of halogens is 5. The highest BCUT2D eigenvalue weighted by Gasteiger charge is 2.60. The minimum absolute atomic E-state index is 0.230. The Hall–Kier alpha value is -2.53. The quantitative estimate of drug-likeness (QED) is 0.484. The average Bonchev–Trinajstić information content (AvgIpc) is 2.42. The van der Waals surface area contributed by atoms with E-state index in [0.717, 1.165) is 11.9 Å². The Morgan fingerprint density at radius 1 is 1.39 bits per heavy atom. The Labute approximate surface area is 125 Å². The minimum Gasteiger partial charge on any atom is -0.481 e. The molecule has 23 heavy (non-hydrogen) atoms. The predicted molar refractivity (Wildman–Crippen MR) is 66.4 cm³/mol. The molecule has 12 heteroatoms. The van der Waals surface area contributed by atoms with Gasteiger partial charge < -0.3 is 10.0 Å². The molecule has 1 N–H and O–H groups in total. The van der Waals surface area contributed by atoms with Gasteiger partial charge in [0.15, 0.2) is 0 Å². The topological polar surface area (TPSA) is 96.6 Å². The van der Waals surface area contributed by atoms with Gasteiger partial charge in [0, 0.05) is 13.6 Å². The van der Waals surface area contributed by atoms with Crippen molar-refractivity contribution in [1.82, 2.24) is 4.98 Å². The van der Waals surface area contributed by atoms with Crippen LogP contribution < -0.4 is 4.90 Å². The minimum atomic E-state index is -5.92. The summed E-state index contributed by atoms with van der Waals surface area (Å²) in [5, 5.41) is 19.4. The van der Waals surface area contributed by atoms with Crippen LogP contribution in [0.15, 0.2) is 12.3 Å². The van der Waals surface area contributed by atoms with Crippen molar-refractivity contribution in [3.63, 3.8) is 0 Å². The van der Waals surface area contributed by atoms with Gasteiger partial charge in [-0.15, -0.1) is 0 Å².